The maximum atomic E-state index is 12.8. The van der Waals surface area contributed by atoms with Gasteiger partial charge < -0.3 is 9.64 Å². The monoisotopic (exact) mass is 508 g/mol. The molecule has 4 heteroatoms. The SMILES string of the molecule is CC(C)(C)OC(=O)N1CCc2c(cccc2C[P+](c2ccccc2)(c2ccccc2)c2ccccc2)C1. The van der Waals surface area contributed by atoms with Crippen molar-refractivity contribution >= 4 is 29.3 Å². The third kappa shape index (κ3) is 5.33. The minimum Gasteiger partial charge on any atom is -0.444 e. The lowest BCUT2D eigenvalue weighted by atomic mass is 9.95. The van der Waals surface area contributed by atoms with Crippen molar-refractivity contribution in [3.05, 3.63) is 126 Å². The van der Waals surface area contributed by atoms with Crippen molar-refractivity contribution in [3.63, 3.8) is 0 Å². The number of carbonyl (C=O) groups is 1. The molecule has 0 radical (unpaired) electrons. The summed E-state index contributed by atoms with van der Waals surface area (Å²) in [4.78, 5) is 14.6. The van der Waals surface area contributed by atoms with Crippen LogP contribution in [0.4, 0.5) is 4.79 Å². The van der Waals surface area contributed by atoms with Crippen LogP contribution in [0.3, 0.4) is 0 Å². The highest BCUT2D eigenvalue weighted by molar-refractivity contribution is 7.95. The molecule has 1 aliphatic heterocycles. The molecule has 0 fully saturated rings. The summed E-state index contributed by atoms with van der Waals surface area (Å²) in [6.07, 6.45) is 1.55. The molecule has 1 aliphatic rings. The van der Waals surface area contributed by atoms with Crippen molar-refractivity contribution in [2.45, 2.75) is 45.5 Å². The molecule has 0 aromatic heterocycles. The molecule has 4 aromatic carbocycles. The Labute approximate surface area is 221 Å². The fourth-order valence-corrected chi connectivity index (χ4v) is 9.64. The number of amides is 1. The Balaban J connectivity index is 1.60. The first-order valence-electron chi connectivity index (χ1n) is 13.0. The van der Waals surface area contributed by atoms with E-state index in [4.69, 9.17) is 4.74 Å². The van der Waals surface area contributed by atoms with E-state index >= 15 is 0 Å². The quantitative estimate of drug-likeness (QED) is 0.289. The fourth-order valence-electron chi connectivity index (χ4n) is 5.34. The van der Waals surface area contributed by atoms with Gasteiger partial charge in [0.05, 0.1) is 6.16 Å². The first kappa shape index (κ1) is 25.2. The third-order valence-electron chi connectivity index (χ3n) is 7.01. The highest BCUT2D eigenvalue weighted by Gasteiger charge is 2.46. The number of hydrogen-bond acceptors (Lipinski definition) is 2. The van der Waals surface area contributed by atoms with Crippen LogP contribution in [0.2, 0.25) is 0 Å². The van der Waals surface area contributed by atoms with Crippen LogP contribution in [0.1, 0.15) is 37.5 Å². The predicted octanol–water partition coefficient (Wildman–Crippen LogP) is 6.47. The van der Waals surface area contributed by atoms with Crippen LogP contribution in [0.25, 0.3) is 0 Å². The molecule has 0 N–H and O–H groups in total. The zero-order valence-electron chi connectivity index (χ0n) is 21.9. The van der Waals surface area contributed by atoms with Crippen LogP contribution in [0.15, 0.2) is 109 Å². The van der Waals surface area contributed by atoms with Crippen molar-refractivity contribution in [2.75, 3.05) is 6.54 Å². The van der Waals surface area contributed by atoms with Gasteiger partial charge in [0.25, 0.3) is 0 Å². The molecule has 0 bridgehead atoms. The van der Waals surface area contributed by atoms with Crippen molar-refractivity contribution in [1.82, 2.24) is 4.90 Å². The first-order chi connectivity index (χ1) is 17.9. The molecule has 0 aliphatic carbocycles. The van der Waals surface area contributed by atoms with Crippen LogP contribution >= 0.6 is 7.26 Å². The van der Waals surface area contributed by atoms with Crippen molar-refractivity contribution in [1.29, 1.82) is 0 Å². The summed E-state index contributed by atoms with van der Waals surface area (Å²) in [5.41, 5.74) is 3.49. The Bertz CT molecular complexity index is 1250. The van der Waals surface area contributed by atoms with E-state index in [0.717, 1.165) is 12.6 Å². The molecule has 0 unspecified atom stereocenters. The third-order valence-corrected chi connectivity index (χ3v) is 11.4. The Morgan fingerprint density at radius 3 is 1.76 bits per heavy atom. The lowest BCUT2D eigenvalue weighted by molar-refractivity contribution is 0.0223. The molecular formula is C33H35NO2P+. The molecule has 188 valence electrons. The van der Waals surface area contributed by atoms with Gasteiger partial charge in [-0.15, -0.1) is 0 Å². The molecule has 5 rings (SSSR count). The highest BCUT2D eigenvalue weighted by atomic mass is 31.2. The standard InChI is InChI=1S/C33H35NO2P/c1-33(2,3)36-32(35)34-23-22-31-26(24-34)14-13-15-27(31)25-37(28-16-7-4-8-17-28,29-18-9-5-10-19-29)30-20-11-6-12-21-30/h4-21H,22-25H2,1-3H3/q+1. The average Bonchev–Trinajstić information content (AvgIpc) is 2.92. The van der Waals surface area contributed by atoms with Gasteiger partial charge in [-0.2, -0.15) is 0 Å². The van der Waals surface area contributed by atoms with Crippen molar-refractivity contribution < 1.29 is 9.53 Å². The summed E-state index contributed by atoms with van der Waals surface area (Å²) in [6, 6.07) is 39.7. The smallest absolute Gasteiger partial charge is 0.410 e. The zero-order chi connectivity index (χ0) is 25.9. The van der Waals surface area contributed by atoms with E-state index in [2.05, 4.69) is 109 Å². The zero-order valence-corrected chi connectivity index (χ0v) is 22.8. The summed E-state index contributed by atoms with van der Waals surface area (Å²) >= 11 is 0. The Morgan fingerprint density at radius 1 is 0.757 bits per heavy atom. The molecular weight excluding hydrogens is 473 g/mol. The largest absolute Gasteiger partial charge is 0.444 e. The predicted molar refractivity (Wildman–Crippen MR) is 156 cm³/mol. The van der Waals surface area contributed by atoms with E-state index in [-0.39, 0.29) is 6.09 Å². The number of rotatable bonds is 5. The van der Waals surface area contributed by atoms with Crippen LogP contribution in [-0.2, 0) is 23.9 Å². The minimum absolute atomic E-state index is 0.233. The van der Waals surface area contributed by atoms with Gasteiger partial charge in [-0.25, -0.2) is 4.79 Å². The molecule has 0 saturated carbocycles. The topological polar surface area (TPSA) is 29.5 Å². The van der Waals surface area contributed by atoms with Gasteiger partial charge in [-0.1, -0.05) is 72.8 Å². The van der Waals surface area contributed by atoms with Gasteiger partial charge in [0.1, 0.15) is 28.8 Å². The molecule has 37 heavy (non-hydrogen) atoms. The second-order valence-corrected chi connectivity index (χ2v) is 14.2. The number of ether oxygens (including phenoxy) is 1. The van der Waals surface area contributed by atoms with Gasteiger partial charge in [0.15, 0.2) is 0 Å². The molecule has 3 nitrogen and oxygen atoms in total. The Kier molecular flexibility index (Phi) is 7.17. The Hall–Kier alpha value is -3.42. The maximum absolute atomic E-state index is 12.8. The van der Waals surface area contributed by atoms with Gasteiger partial charge in [0.2, 0.25) is 0 Å². The Morgan fingerprint density at radius 2 is 1.27 bits per heavy atom. The summed E-state index contributed by atoms with van der Waals surface area (Å²) in [5.74, 6) is 0. The van der Waals surface area contributed by atoms with Crippen molar-refractivity contribution in [2.24, 2.45) is 0 Å². The van der Waals surface area contributed by atoms with Crippen molar-refractivity contribution in [3.8, 4) is 0 Å². The second kappa shape index (κ2) is 10.5. The number of benzene rings is 4. The number of fused-ring (bicyclic) bond motifs is 1. The van der Waals surface area contributed by atoms with E-state index in [1.165, 1.54) is 32.6 Å². The summed E-state index contributed by atoms with van der Waals surface area (Å²) < 4.78 is 5.67. The van der Waals surface area contributed by atoms with Gasteiger partial charge in [0, 0.05) is 13.1 Å². The lowest BCUT2D eigenvalue weighted by Crippen LogP contribution is -2.40. The number of carbonyl (C=O) groups excluding carboxylic acids is 1. The van der Waals surface area contributed by atoms with E-state index < -0.39 is 12.9 Å². The van der Waals surface area contributed by atoms with Crippen LogP contribution in [-0.4, -0.2) is 23.1 Å². The molecule has 1 amide bonds. The molecule has 0 spiro atoms. The second-order valence-electron chi connectivity index (χ2n) is 10.7. The number of nitrogens with zero attached hydrogens (tertiary/aromatic N) is 1. The van der Waals surface area contributed by atoms with Crippen LogP contribution in [0, 0.1) is 0 Å². The summed E-state index contributed by atoms with van der Waals surface area (Å²) in [6.45, 7) is 7.01. The molecule has 4 aromatic rings. The minimum atomic E-state index is -1.99. The lowest BCUT2D eigenvalue weighted by Gasteiger charge is -2.33. The highest BCUT2D eigenvalue weighted by Crippen LogP contribution is 2.58. The summed E-state index contributed by atoms with van der Waals surface area (Å²) in [7, 11) is -1.99. The normalized spacial score (nSPS) is 13.6. The number of hydrogen-bond donors (Lipinski definition) is 0. The average molecular weight is 509 g/mol. The van der Waals surface area contributed by atoms with Gasteiger partial charge in [-0.05, 0) is 80.3 Å². The van der Waals surface area contributed by atoms with Crippen LogP contribution < -0.4 is 15.9 Å². The molecule has 0 atom stereocenters. The van der Waals surface area contributed by atoms with Crippen LogP contribution in [0.5, 0.6) is 0 Å². The molecule has 0 saturated heterocycles. The van der Waals surface area contributed by atoms with Gasteiger partial charge >= 0.3 is 6.09 Å². The van der Waals surface area contributed by atoms with Gasteiger partial charge in [-0.3, -0.25) is 0 Å². The van der Waals surface area contributed by atoms with E-state index in [1.807, 2.05) is 25.7 Å². The fraction of sp³-hybridized carbons (Fsp3) is 0.242. The molecule has 1 heterocycles. The maximum Gasteiger partial charge on any atom is 0.410 e. The van der Waals surface area contributed by atoms with E-state index in [1.54, 1.807) is 0 Å². The van der Waals surface area contributed by atoms with E-state index in [9.17, 15) is 4.79 Å². The summed E-state index contributed by atoms with van der Waals surface area (Å²) in [5, 5.41) is 4.16. The van der Waals surface area contributed by atoms with E-state index in [0.29, 0.717) is 13.1 Å². The first-order valence-corrected chi connectivity index (χ1v) is 15.0.